The Morgan fingerprint density at radius 1 is 1.00 bits per heavy atom. The highest BCUT2D eigenvalue weighted by Gasteiger charge is 2.13. The number of hydrogen-bond acceptors (Lipinski definition) is 4. The number of carboxylic acid groups (broad SMARTS) is 1. The van der Waals surface area contributed by atoms with Gasteiger partial charge in [0.05, 0.1) is 19.6 Å². The van der Waals surface area contributed by atoms with E-state index < -0.39 is 24.3 Å². The van der Waals surface area contributed by atoms with Gasteiger partial charge in [-0.2, -0.15) is 0 Å². The molecule has 0 aliphatic rings. The summed E-state index contributed by atoms with van der Waals surface area (Å²) in [6.45, 7) is -1.03. The molecule has 7 heteroatoms. The minimum absolute atomic E-state index is 0.296. The molecule has 13 heavy (non-hydrogen) atoms. The molecule has 0 aliphatic carbocycles. The van der Waals surface area contributed by atoms with Gasteiger partial charge in [0.2, 0.25) is 11.8 Å². The van der Waals surface area contributed by atoms with Crippen LogP contribution >= 0.6 is 0 Å². The molecule has 0 saturated carbocycles. The zero-order chi connectivity index (χ0) is 10.4. The fourth-order valence-corrected chi connectivity index (χ4v) is 0.800. The summed E-state index contributed by atoms with van der Waals surface area (Å²) >= 11 is 0. The van der Waals surface area contributed by atoms with Gasteiger partial charge in [0, 0.05) is 0 Å². The number of carbonyl (C=O) groups excluding carboxylic acids is 2. The highest BCUT2D eigenvalue weighted by molar-refractivity contribution is 5.80. The number of nitrogens with two attached hydrogens (primary N) is 2. The van der Waals surface area contributed by atoms with E-state index in [1.165, 1.54) is 0 Å². The number of rotatable bonds is 6. The minimum Gasteiger partial charge on any atom is -0.480 e. The number of amides is 2. The lowest BCUT2D eigenvalue weighted by molar-refractivity contribution is -0.138. The summed E-state index contributed by atoms with van der Waals surface area (Å²) in [7, 11) is 0. The molecule has 7 nitrogen and oxygen atoms in total. The fraction of sp³-hybridized carbons (Fsp3) is 0.500. The van der Waals surface area contributed by atoms with Gasteiger partial charge in [0.25, 0.3) is 0 Å². The highest BCUT2D eigenvalue weighted by Crippen LogP contribution is 1.86. The van der Waals surface area contributed by atoms with E-state index in [9.17, 15) is 14.4 Å². The van der Waals surface area contributed by atoms with Crippen LogP contribution in [0.5, 0.6) is 0 Å². The van der Waals surface area contributed by atoms with E-state index in [0.29, 0.717) is 0 Å². The Morgan fingerprint density at radius 3 is 1.62 bits per heavy atom. The van der Waals surface area contributed by atoms with Gasteiger partial charge in [-0.1, -0.05) is 0 Å². The van der Waals surface area contributed by atoms with Crippen LogP contribution in [0.1, 0.15) is 0 Å². The molecule has 2 amide bonds. The standard InChI is InChI=1S/C6H11N3O4/c7-4(10)1-9(2-5(8)11)3-6(12)13/h1-3H2,(H2,7,10)(H2,8,11)(H,12,13). The zero-order valence-electron chi connectivity index (χ0n) is 6.90. The van der Waals surface area contributed by atoms with Crippen molar-refractivity contribution in [2.24, 2.45) is 11.5 Å². The van der Waals surface area contributed by atoms with Crippen LogP contribution in [-0.2, 0) is 14.4 Å². The third-order valence-corrected chi connectivity index (χ3v) is 1.12. The number of aliphatic carboxylic acids is 1. The Kier molecular flexibility index (Phi) is 4.45. The summed E-state index contributed by atoms with van der Waals surface area (Å²) in [5.41, 5.74) is 9.64. The van der Waals surface area contributed by atoms with Gasteiger partial charge in [0.1, 0.15) is 0 Å². The van der Waals surface area contributed by atoms with Crippen molar-refractivity contribution in [3.8, 4) is 0 Å². The topological polar surface area (TPSA) is 127 Å². The number of carbonyl (C=O) groups is 3. The molecule has 0 radical (unpaired) electrons. The Bertz CT molecular complexity index is 190. The lowest BCUT2D eigenvalue weighted by atomic mass is 10.4. The second kappa shape index (κ2) is 5.09. The van der Waals surface area contributed by atoms with Crippen molar-refractivity contribution in [3.63, 3.8) is 0 Å². The predicted octanol–water partition coefficient (Wildman–Crippen LogP) is -2.66. The molecule has 0 saturated heterocycles. The van der Waals surface area contributed by atoms with E-state index >= 15 is 0 Å². The second-order valence-electron chi connectivity index (χ2n) is 2.47. The first kappa shape index (κ1) is 11.4. The number of carboxylic acids is 1. The summed E-state index contributed by atoms with van der Waals surface area (Å²) in [6, 6.07) is 0. The normalized spacial score (nSPS) is 9.92. The summed E-state index contributed by atoms with van der Waals surface area (Å²) in [5, 5.41) is 8.36. The third kappa shape index (κ3) is 6.76. The van der Waals surface area contributed by atoms with Crippen LogP contribution in [0.25, 0.3) is 0 Å². The smallest absolute Gasteiger partial charge is 0.317 e. The summed E-state index contributed by atoms with van der Waals surface area (Å²) in [6.07, 6.45) is 0. The first-order chi connectivity index (χ1) is 5.91. The van der Waals surface area contributed by atoms with Gasteiger partial charge in [-0.25, -0.2) is 0 Å². The van der Waals surface area contributed by atoms with Gasteiger partial charge in [-0.15, -0.1) is 0 Å². The maximum absolute atomic E-state index is 10.4. The largest absolute Gasteiger partial charge is 0.480 e. The van der Waals surface area contributed by atoms with Gasteiger partial charge in [-0.3, -0.25) is 19.3 Å². The predicted molar refractivity (Wildman–Crippen MR) is 42.5 cm³/mol. The van der Waals surface area contributed by atoms with Crippen LogP contribution in [0.3, 0.4) is 0 Å². The van der Waals surface area contributed by atoms with Crippen LogP contribution in [0.2, 0.25) is 0 Å². The maximum Gasteiger partial charge on any atom is 0.317 e. The summed E-state index contributed by atoms with van der Waals surface area (Å²) in [5.74, 6) is -2.56. The number of hydrogen-bond donors (Lipinski definition) is 3. The van der Waals surface area contributed by atoms with Gasteiger partial charge >= 0.3 is 5.97 Å². The minimum atomic E-state index is -1.15. The van der Waals surface area contributed by atoms with Crippen molar-refractivity contribution in [2.45, 2.75) is 0 Å². The average molecular weight is 189 g/mol. The Labute approximate surface area is 74.3 Å². The lowest BCUT2D eigenvalue weighted by Crippen LogP contribution is -2.42. The third-order valence-electron chi connectivity index (χ3n) is 1.12. The first-order valence-corrected chi connectivity index (χ1v) is 3.42. The molecule has 5 N–H and O–H groups in total. The lowest BCUT2D eigenvalue weighted by Gasteiger charge is -2.15. The van der Waals surface area contributed by atoms with Crippen molar-refractivity contribution in [1.82, 2.24) is 4.90 Å². The molecule has 0 atom stereocenters. The van der Waals surface area contributed by atoms with Gasteiger partial charge in [0.15, 0.2) is 0 Å². The monoisotopic (exact) mass is 189 g/mol. The SMILES string of the molecule is NC(=O)CN(CC(N)=O)CC(=O)O. The summed E-state index contributed by atoms with van der Waals surface area (Å²) in [4.78, 5) is 32.1. The molecular weight excluding hydrogens is 178 g/mol. The van der Waals surface area contributed by atoms with Gasteiger partial charge in [-0.05, 0) is 0 Å². The van der Waals surface area contributed by atoms with E-state index in [1.807, 2.05) is 0 Å². The molecule has 0 aliphatic heterocycles. The number of primary amides is 2. The van der Waals surface area contributed by atoms with E-state index in [1.54, 1.807) is 0 Å². The molecular formula is C6H11N3O4. The number of nitrogens with zero attached hydrogens (tertiary/aromatic N) is 1. The molecule has 0 rings (SSSR count). The molecule has 0 spiro atoms. The molecule has 0 aromatic rings. The van der Waals surface area contributed by atoms with Crippen LogP contribution in [-0.4, -0.2) is 47.4 Å². The molecule has 0 aromatic heterocycles. The Hall–Kier alpha value is -1.63. The van der Waals surface area contributed by atoms with Crippen molar-refractivity contribution in [2.75, 3.05) is 19.6 Å². The van der Waals surface area contributed by atoms with Crippen molar-refractivity contribution in [3.05, 3.63) is 0 Å². The van der Waals surface area contributed by atoms with Crippen molar-refractivity contribution >= 4 is 17.8 Å². The Morgan fingerprint density at radius 2 is 1.38 bits per heavy atom. The van der Waals surface area contributed by atoms with Crippen LogP contribution in [0.15, 0.2) is 0 Å². The van der Waals surface area contributed by atoms with Crippen LogP contribution < -0.4 is 11.5 Å². The van der Waals surface area contributed by atoms with Crippen LogP contribution in [0.4, 0.5) is 0 Å². The van der Waals surface area contributed by atoms with Crippen molar-refractivity contribution in [1.29, 1.82) is 0 Å². The van der Waals surface area contributed by atoms with Crippen molar-refractivity contribution < 1.29 is 19.5 Å². The van der Waals surface area contributed by atoms with E-state index in [0.717, 1.165) is 4.90 Å². The average Bonchev–Trinajstić information content (AvgIpc) is 1.80. The van der Waals surface area contributed by atoms with E-state index in [2.05, 4.69) is 0 Å². The van der Waals surface area contributed by atoms with Crippen LogP contribution in [0, 0.1) is 0 Å². The molecule has 0 heterocycles. The van der Waals surface area contributed by atoms with E-state index in [-0.39, 0.29) is 13.1 Å². The van der Waals surface area contributed by atoms with E-state index in [4.69, 9.17) is 16.6 Å². The second-order valence-corrected chi connectivity index (χ2v) is 2.47. The summed E-state index contributed by atoms with van der Waals surface area (Å²) < 4.78 is 0. The quantitative estimate of drug-likeness (QED) is 0.420. The highest BCUT2D eigenvalue weighted by atomic mass is 16.4. The maximum atomic E-state index is 10.4. The zero-order valence-corrected chi connectivity index (χ0v) is 6.90. The molecule has 0 unspecified atom stereocenters. The molecule has 74 valence electrons. The molecule has 0 fully saturated rings. The van der Waals surface area contributed by atoms with Gasteiger partial charge < -0.3 is 16.6 Å². The molecule has 0 aromatic carbocycles. The first-order valence-electron chi connectivity index (χ1n) is 3.42. The Balaban J connectivity index is 4.10. The molecule has 0 bridgehead atoms. The fourth-order valence-electron chi connectivity index (χ4n) is 0.800.